The van der Waals surface area contributed by atoms with E-state index < -0.39 is 0 Å². The highest BCUT2D eigenvalue weighted by Crippen LogP contribution is 2.13. The molecule has 0 unspecified atom stereocenters. The number of likely N-dealkylation sites (tertiary alicyclic amines) is 1. The molecule has 1 N–H and O–H groups in total. The Labute approximate surface area is 160 Å². The maximum absolute atomic E-state index is 12.4. The van der Waals surface area contributed by atoms with Crippen LogP contribution in [0.2, 0.25) is 0 Å². The van der Waals surface area contributed by atoms with Crippen molar-refractivity contribution >= 4 is 11.8 Å². The molecule has 0 aliphatic carbocycles. The van der Waals surface area contributed by atoms with Crippen LogP contribution >= 0.6 is 0 Å². The monoisotopic (exact) mass is 366 g/mol. The molecule has 27 heavy (non-hydrogen) atoms. The lowest BCUT2D eigenvalue weighted by atomic mass is 10.0. The van der Waals surface area contributed by atoms with Crippen molar-refractivity contribution < 1.29 is 14.3 Å². The van der Waals surface area contributed by atoms with Crippen LogP contribution in [0.3, 0.4) is 0 Å². The molecule has 0 aromatic heterocycles. The van der Waals surface area contributed by atoms with Gasteiger partial charge in [-0.3, -0.25) is 9.59 Å². The molecule has 0 bridgehead atoms. The molecular formula is C22H26N2O3. The average molecular weight is 366 g/mol. The number of carbonyl (C=O) groups excluding carboxylic acids is 2. The molecule has 0 atom stereocenters. The maximum atomic E-state index is 12.4. The summed E-state index contributed by atoms with van der Waals surface area (Å²) in [5.74, 6) is 0.928. The van der Waals surface area contributed by atoms with Crippen LogP contribution in [0.4, 0.5) is 0 Å². The van der Waals surface area contributed by atoms with Gasteiger partial charge in [-0.15, -0.1) is 0 Å². The van der Waals surface area contributed by atoms with Crippen molar-refractivity contribution in [3.63, 3.8) is 0 Å². The minimum atomic E-state index is -0.00000629. The minimum absolute atomic E-state index is 0.00000629. The molecule has 1 heterocycles. The number of amides is 2. The van der Waals surface area contributed by atoms with Crippen molar-refractivity contribution in [3.8, 4) is 5.75 Å². The molecule has 1 fully saturated rings. The number of nitrogens with zero attached hydrogens (tertiary/aromatic N) is 1. The number of para-hydroxylation sites is 1. The number of nitrogens with one attached hydrogen (secondary N) is 1. The van der Waals surface area contributed by atoms with Crippen molar-refractivity contribution in [2.24, 2.45) is 0 Å². The van der Waals surface area contributed by atoms with Crippen LogP contribution in [0.25, 0.3) is 0 Å². The summed E-state index contributed by atoms with van der Waals surface area (Å²) in [6, 6.07) is 19.4. The number of rotatable bonds is 7. The fraction of sp³-hybridized carbons (Fsp3) is 0.364. The van der Waals surface area contributed by atoms with Crippen molar-refractivity contribution in [3.05, 3.63) is 66.2 Å². The summed E-state index contributed by atoms with van der Waals surface area (Å²) in [4.78, 5) is 26.4. The molecule has 0 radical (unpaired) electrons. The van der Waals surface area contributed by atoms with Crippen molar-refractivity contribution in [2.75, 3.05) is 19.7 Å². The molecule has 1 saturated heterocycles. The van der Waals surface area contributed by atoms with Gasteiger partial charge >= 0.3 is 0 Å². The SMILES string of the molecule is O=C(CCOc1ccccc1)NC1CCN(C(=O)Cc2ccccc2)CC1. The van der Waals surface area contributed by atoms with E-state index in [-0.39, 0.29) is 17.9 Å². The second kappa shape index (κ2) is 9.76. The Morgan fingerprint density at radius 2 is 1.59 bits per heavy atom. The van der Waals surface area contributed by atoms with E-state index in [1.54, 1.807) is 0 Å². The highest BCUT2D eigenvalue weighted by molar-refractivity contribution is 5.79. The van der Waals surface area contributed by atoms with Gasteiger partial charge in [-0.1, -0.05) is 48.5 Å². The number of ether oxygens (including phenoxy) is 1. The summed E-state index contributed by atoms with van der Waals surface area (Å²) in [5.41, 5.74) is 1.04. The fourth-order valence-corrected chi connectivity index (χ4v) is 3.23. The zero-order valence-electron chi connectivity index (χ0n) is 15.5. The van der Waals surface area contributed by atoms with E-state index >= 15 is 0 Å². The van der Waals surface area contributed by atoms with E-state index in [4.69, 9.17) is 4.74 Å². The van der Waals surface area contributed by atoms with Gasteiger partial charge < -0.3 is 15.0 Å². The van der Waals surface area contributed by atoms with Gasteiger partial charge in [0.2, 0.25) is 11.8 Å². The Bertz CT molecular complexity index is 726. The second-order valence-electron chi connectivity index (χ2n) is 6.80. The standard InChI is InChI=1S/C22H26N2O3/c25-21(13-16-27-20-9-5-2-6-10-20)23-19-11-14-24(15-12-19)22(26)17-18-7-3-1-4-8-18/h1-10,19H,11-17H2,(H,23,25). The van der Waals surface area contributed by atoms with Crippen LogP contribution in [0.15, 0.2) is 60.7 Å². The highest BCUT2D eigenvalue weighted by Gasteiger charge is 2.23. The lowest BCUT2D eigenvalue weighted by Gasteiger charge is -2.32. The largest absolute Gasteiger partial charge is 0.493 e. The second-order valence-corrected chi connectivity index (χ2v) is 6.80. The Morgan fingerprint density at radius 3 is 2.26 bits per heavy atom. The van der Waals surface area contributed by atoms with E-state index in [0.717, 1.165) is 24.2 Å². The summed E-state index contributed by atoms with van der Waals surface area (Å²) < 4.78 is 5.56. The van der Waals surface area contributed by atoms with Gasteiger partial charge in [0, 0.05) is 19.1 Å². The van der Waals surface area contributed by atoms with E-state index in [2.05, 4.69) is 5.32 Å². The van der Waals surface area contributed by atoms with Gasteiger partial charge in [-0.25, -0.2) is 0 Å². The number of hydrogen-bond acceptors (Lipinski definition) is 3. The molecule has 142 valence electrons. The molecule has 3 rings (SSSR count). The van der Waals surface area contributed by atoms with Crippen LogP contribution in [-0.2, 0) is 16.0 Å². The molecule has 2 aromatic rings. The quantitative estimate of drug-likeness (QED) is 0.820. The average Bonchev–Trinajstić information content (AvgIpc) is 2.70. The van der Waals surface area contributed by atoms with Gasteiger partial charge in [-0.2, -0.15) is 0 Å². The molecule has 2 amide bonds. The van der Waals surface area contributed by atoms with Crippen LogP contribution < -0.4 is 10.1 Å². The predicted octanol–water partition coefficient (Wildman–Crippen LogP) is 2.81. The normalized spacial score (nSPS) is 14.6. The zero-order valence-corrected chi connectivity index (χ0v) is 15.5. The first-order valence-corrected chi connectivity index (χ1v) is 9.49. The van der Waals surface area contributed by atoms with Gasteiger partial charge in [0.25, 0.3) is 0 Å². The third-order valence-electron chi connectivity index (χ3n) is 4.75. The van der Waals surface area contributed by atoms with Gasteiger partial charge in [0.1, 0.15) is 5.75 Å². The first kappa shape index (κ1) is 19.0. The predicted molar refractivity (Wildman–Crippen MR) is 104 cm³/mol. The minimum Gasteiger partial charge on any atom is -0.493 e. The molecule has 0 spiro atoms. The van der Waals surface area contributed by atoms with E-state index in [1.165, 1.54) is 0 Å². The van der Waals surface area contributed by atoms with Crippen molar-refractivity contribution in [2.45, 2.75) is 31.7 Å². The molecule has 1 aliphatic rings. The number of hydrogen-bond donors (Lipinski definition) is 1. The summed E-state index contributed by atoms with van der Waals surface area (Å²) in [6.45, 7) is 1.75. The smallest absolute Gasteiger partial charge is 0.226 e. The van der Waals surface area contributed by atoms with Gasteiger partial charge in [0.15, 0.2) is 0 Å². The Kier molecular flexibility index (Phi) is 6.85. The number of carbonyl (C=O) groups is 2. The lowest BCUT2D eigenvalue weighted by molar-refractivity contribution is -0.131. The molecule has 1 aliphatic heterocycles. The lowest BCUT2D eigenvalue weighted by Crippen LogP contribution is -2.47. The fourth-order valence-electron chi connectivity index (χ4n) is 3.23. The van der Waals surface area contributed by atoms with Crippen molar-refractivity contribution in [1.29, 1.82) is 0 Å². The Balaban J connectivity index is 1.34. The van der Waals surface area contributed by atoms with Crippen LogP contribution in [0.1, 0.15) is 24.8 Å². The molecule has 5 nitrogen and oxygen atoms in total. The summed E-state index contributed by atoms with van der Waals surface area (Å²) >= 11 is 0. The number of benzene rings is 2. The van der Waals surface area contributed by atoms with Crippen molar-refractivity contribution in [1.82, 2.24) is 10.2 Å². The van der Waals surface area contributed by atoms with Gasteiger partial charge in [0.05, 0.1) is 19.4 Å². The summed E-state index contributed by atoms with van der Waals surface area (Å²) in [7, 11) is 0. The molecule has 5 heteroatoms. The first-order chi connectivity index (χ1) is 13.2. The third-order valence-corrected chi connectivity index (χ3v) is 4.75. The summed E-state index contributed by atoms with van der Waals surface area (Å²) in [6.07, 6.45) is 2.37. The molecule has 0 saturated carbocycles. The first-order valence-electron chi connectivity index (χ1n) is 9.49. The zero-order chi connectivity index (χ0) is 18.9. The van der Waals surface area contributed by atoms with Crippen LogP contribution in [-0.4, -0.2) is 42.5 Å². The molecular weight excluding hydrogens is 340 g/mol. The maximum Gasteiger partial charge on any atom is 0.226 e. The van der Waals surface area contributed by atoms with E-state index in [0.29, 0.717) is 32.5 Å². The van der Waals surface area contributed by atoms with Crippen LogP contribution in [0.5, 0.6) is 5.75 Å². The van der Waals surface area contributed by atoms with E-state index in [9.17, 15) is 9.59 Å². The van der Waals surface area contributed by atoms with Gasteiger partial charge in [-0.05, 0) is 30.5 Å². The van der Waals surface area contributed by atoms with E-state index in [1.807, 2.05) is 65.6 Å². The highest BCUT2D eigenvalue weighted by atomic mass is 16.5. The third kappa shape index (κ3) is 6.13. The summed E-state index contributed by atoms with van der Waals surface area (Å²) in [5, 5.41) is 3.06. The topological polar surface area (TPSA) is 58.6 Å². The number of piperidine rings is 1. The Morgan fingerprint density at radius 1 is 0.963 bits per heavy atom. The Hall–Kier alpha value is -2.82. The molecule has 2 aromatic carbocycles. The van der Waals surface area contributed by atoms with Crippen LogP contribution in [0, 0.1) is 0 Å².